The van der Waals surface area contributed by atoms with Gasteiger partial charge in [-0.2, -0.15) is 0 Å². The first kappa shape index (κ1) is 15.7. The van der Waals surface area contributed by atoms with Crippen molar-refractivity contribution in [2.45, 2.75) is 19.4 Å². The molecule has 0 radical (unpaired) electrons. The summed E-state index contributed by atoms with van der Waals surface area (Å²) in [6.07, 6.45) is 0.491. The highest BCUT2D eigenvalue weighted by Crippen LogP contribution is 2.16. The van der Waals surface area contributed by atoms with E-state index in [-0.39, 0.29) is 37.7 Å². The first-order valence-electron chi connectivity index (χ1n) is 6.78. The van der Waals surface area contributed by atoms with Crippen LogP contribution in [0.2, 0.25) is 0 Å². The zero-order valence-corrected chi connectivity index (χ0v) is 12.1. The largest absolute Gasteiger partial charge is 0.480 e. The molecule has 1 N–H and O–H groups in total. The summed E-state index contributed by atoms with van der Waals surface area (Å²) in [4.78, 5) is 48.0. The summed E-state index contributed by atoms with van der Waals surface area (Å²) in [6.45, 7) is -0.186. The molecule has 0 unspecified atom stereocenters. The molecule has 0 aliphatic carbocycles. The highest BCUT2D eigenvalue weighted by atomic mass is 16.4. The minimum absolute atomic E-state index is 0.189. The number of amides is 3. The van der Waals surface area contributed by atoms with E-state index in [0.717, 1.165) is 10.5 Å². The molecule has 22 heavy (non-hydrogen) atoms. The number of carboxylic acid groups (broad SMARTS) is 1. The van der Waals surface area contributed by atoms with Crippen molar-refractivity contribution in [3.63, 3.8) is 0 Å². The third kappa shape index (κ3) is 3.49. The highest BCUT2D eigenvalue weighted by Gasteiger charge is 2.28. The molecule has 1 aromatic rings. The average Bonchev–Trinajstić information content (AvgIpc) is 2.78. The van der Waals surface area contributed by atoms with E-state index in [9.17, 15) is 19.2 Å². The smallest absolute Gasteiger partial charge is 0.323 e. The van der Waals surface area contributed by atoms with E-state index in [1.165, 1.54) is 11.9 Å². The van der Waals surface area contributed by atoms with Crippen LogP contribution in [-0.4, -0.2) is 52.2 Å². The van der Waals surface area contributed by atoms with Crippen LogP contribution in [0.5, 0.6) is 0 Å². The van der Waals surface area contributed by atoms with Gasteiger partial charge in [-0.3, -0.25) is 24.1 Å². The Kier molecular flexibility index (Phi) is 4.55. The molecule has 3 amide bonds. The normalized spacial score (nSPS) is 14.3. The zero-order valence-electron chi connectivity index (χ0n) is 12.1. The van der Waals surface area contributed by atoms with Gasteiger partial charge in [0.15, 0.2) is 0 Å². The van der Waals surface area contributed by atoms with Gasteiger partial charge < -0.3 is 10.0 Å². The van der Waals surface area contributed by atoms with Gasteiger partial charge in [-0.05, 0) is 17.7 Å². The van der Waals surface area contributed by atoms with E-state index in [1.54, 1.807) is 24.3 Å². The zero-order chi connectivity index (χ0) is 16.3. The van der Waals surface area contributed by atoms with Crippen molar-refractivity contribution in [1.29, 1.82) is 0 Å². The SMILES string of the molecule is CN(CC(=O)O)C(=O)c1ccc(CN2C(=O)CCC2=O)cc1. The van der Waals surface area contributed by atoms with Crippen LogP contribution in [0.1, 0.15) is 28.8 Å². The predicted molar refractivity (Wildman–Crippen MR) is 75.8 cm³/mol. The Morgan fingerprint density at radius 3 is 2.18 bits per heavy atom. The van der Waals surface area contributed by atoms with Gasteiger partial charge >= 0.3 is 5.97 Å². The fraction of sp³-hybridized carbons (Fsp3) is 0.333. The van der Waals surface area contributed by atoms with Crippen LogP contribution in [-0.2, 0) is 20.9 Å². The Hall–Kier alpha value is -2.70. The first-order valence-corrected chi connectivity index (χ1v) is 6.78. The fourth-order valence-corrected chi connectivity index (χ4v) is 2.23. The molecule has 1 aromatic carbocycles. The van der Waals surface area contributed by atoms with Gasteiger partial charge in [-0.1, -0.05) is 12.1 Å². The molecule has 2 rings (SSSR count). The van der Waals surface area contributed by atoms with Crippen molar-refractivity contribution in [2.24, 2.45) is 0 Å². The van der Waals surface area contributed by atoms with Crippen molar-refractivity contribution in [2.75, 3.05) is 13.6 Å². The minimum atomic E-state index is -1.08. The number of likely N-dealkylation sites (N-methyl/N-ethyl adjacent to an activating group) is 1. The number of carbonyl (C=O) groups excluding carboxylic acids is 3. The summed E-state index contributed by atoms with van der Waals surface area (Å²) in [5, 5.41) is 8.67. The quantitative estimate of drug-likeness (QED) is 0.799. The summed E-state index contributed by atoms with van der Waals surface area (Å²) >= 11 is 0. The van der Waals surface area contributed by atoms with Gasteiger partial charge in [0.25, 0.3) is 5.91 Å². The van der Waals surface area contributed by atoms with Crippen molar-refractivity contribution in [3.8, 4) is 0 Å². The molecule has 0 aromatic heterocycles. The Morgan fingerprint density at radius 2 is 1.68 bits per heavy atom. The molecule has 7 nitrogen and oxygen atoms in total. The Labute approximate surface area is 127 Å². The highest BCUT2D eigenvalue weighted by molar-refractivity contribution is 6.01. The number of benzene rings is 1. The van der Waals surface area contributed by atoms with Gasteiger partial charge in [0.1, 0.15) is 6.54 Å². The lowest BCUT2D eigenvalue weighted by molar-refractivity contribution is -0.139. The number of carboxylic acids is 1. The molecular formula is C15H16N2O5. The Morgan fingerprint density at radius 1 is 1.14 bits per heavy atom. The van der Waals surface area contributed by atoms with Gasteiger partial charge in [0, 0.05) is 25.5 Å². The predicted octanol–water partition coefficient (Wildman–Crippen LogP) is 0.492. The molecule has 0 atom stereocenters. The lowest BCUT2D eigenvalue weighted by Gasteiger charge is -2.16. The number of aliphatic carboxylic acids is 1. The molecule has 0 saturated carbocycles. The van der Waals surface area contributed by atoms with Crippen molar-refractivity contribution in [3.05, 3.63) is 35.4 Å². The summed E-state index contributed by atoms with van der Waals surface area (Å²) in [7, 11) is 1.41. The monoisotopic (exact) mass is 304 g/mol. The topological polar surface area (TPSA) is 95.0 Å². The maximum atomic E-state index is 12.0. The number of hydrogen-bond donors (Lipinski definition) is 1. The average molecular weight is 304 g/mol. The first-order chi connectivity index (χ1) is 10.4. The number of likely N-dealkylation sites (tertiary alicyclic amines) is 1. The molecule has 116 valence electrons. The van der Waals surface area contributed by atoms with E-state index < -0.39 is 11.9 Å². The van der Waals surface area contributed by atoms with Crippen LogP contribution in [0.4, 0.5) is 0 Å². The number of nitrogens with zero attached hydrogens (tertiary/aromatic N) is 2. The van der Waals surface area contributed by atoms with Gasteiger partial charge in [-0.25, -0.2) is 0 Å². The maximum Gasteiger partial charge on any atom is 0.323 e. The van der Waals surface area contributed by atoms with E-state index in [1.807, 2.05) is 0 Å². The second-order valence-electron chi connectivity index (χ2n) is 5.13. The van der Waals surface area contributed by atoms with Crippen LogP contribution < -0.4 is 0 Å². The Bertz CT molecular complexity index is 607. The molecular weight excluding hydrogens is 288 g/mol. The van der Waals surface area contributed by atoms with Gasteiger partial charge in [-0.15, -0.1) is 0 Å². The number of rotatable bonds is 5. The summed E-state index contributed by atoms with van der Waals surface area (Å²) in [5.41, 5.74) is 1.09. The molecule has 1 heterocycles. The third-order valence-electron chi connectivity index (χ3n) is 3.42. The Balaban J connectivity index is 2.04. The van der Waals surface area contributed by atoms with Crippen molar-refractivity contribution < 1.29 is 24.3 Å². The number of hydrogen-bond acceptors (Lipinski definition) is 4. The molecule has 0 bridgehead atoms. The van der Waals surface area contributed by atoms with Crippen LogP contribution in [0.15, 0.2) is 24.3 Å². The summed E-state index contributed by atoms with van der Waals surface area (Å²) < 4.78 is 0. The number of carbonyl (C=O) groups is 4. The third-order valence-corrected chi connectivity index (χ3v) is 3.42. The summed E-state index contributed by atoms with van der Waals surface area (Å²) in [5.74, 6) is -1.86. The lowest BCUT2D eigenvalue weighted by Crippen LogP contribution is -2.32. The van der Waals surface area contributed by atoms with E-state index >= 15 is 0 Å². The van der Waals surface area contributed by atoms with Gasteiger partial charge in [0.2, 0.25) is 11.8 Å². The van der Waals surface area contributed by atoms with E-state index in [0.29, 0.717) is 5.56 Å². The van der Waals surface area contributed by atoms with Crippen LogP contribution in [0.25, 0.3) is 0 Å². The second-order valence-corrected chi connectivity index (χ2v) is 5.13. The second kappa shape index (κ2) is 6.38. The molecule has 1 aliphatic heterocycles. The maximum absolute atomic E-state index is 12.0. The van der Waals surface area contributed by atoms with Crippen LogP contribution in [0, 0.1) is 0 Å². The standard InChI is InChI=1S/C15H16N2O5/c1-16(9-14(20)21)15(22)11-4-2-10(3-5-11)8-17-12(18)6-7-13(17)19/h2-5H,6-9H2,1H3,(H,20,21). The van der Waals surface area contributed by atoms with Crippen LogP contribution in [0.3, 0.4) is 0 Å². The number of imide groups is 1. The fourth-order valence-electron chi connectivity index (χ4n) is 2.23. The molecule has 1 aliphatic rings. The molecule has 1 saturated heterocycles. The molecule has 1 fully saturated rings. The molecule has 7 heteroatoms. The van der Waals surface area contributed by atoms with Gasteiger partial charge in [0.05, 0.1) is 6.54 Å². The van der Waals surface area contributed by atoms with E-state index in [4.69, 9.17) is 5.11 Å². The molecule has 0 spiro atoms. The minimum Gasteiger partial charge on any atom is -0.480 e. The summed E-state index contributed by atoms with van der Waals surface area (Å²) in [6, 6.07) is 6.42. The van der Waals surface area contributed by atoms with Crippen LogP contribution >= 0.6 is 0 Å². The lowest BCUT2D eigenvalue weighted by atomic mass is 10.1. The van der Waals surface area contributed by atoms with E-state index in [2.05, 4.69) is 0 Å². The van der Waals surface area contributed by atoms with Crippen molar-refractivity contribution >= 4 is 23.7 Å². The van der Waals surface area contributed by atoms with Crippen molar-refractivity contribution in [1.82, 2.24) is 9.80 Å².